The zero-order valence-corrected chi connectivity index (χ0v) is 10.2. The number of aromatic nitrogens is 3. The molecule has 3 heterocycles. The Labute approximate surface area is 105 Å². The smallest absolute Gasteiger partial charge is 0.308 e. The number of aliphatic carboxylic acids is 1. The van der Waals surface area contributed by atoms with E-state index in [1.807, 2.05) is 0 Å². The number of carbonyl (C=O) groups is 1. The van der Waals surface area contributed by atoms with E-state index in [0.717, 1.165) is 37.7 Å². The predicted molar refractivity (Wildman–Crippen MR) is 62.3 cm³/mol. The number of ether oxygens (including phenoxy) is 1. The molecule has 0 aromatic carbocycles. The van der Waals surface area contributed by atoms with Crippen molar-refractivity contribution >= 4 is 5.97 Å². The van der Waals surface area contributed by atoms with Gasteiger partial charge in [0.15, 0.2) is 5.82 Å². The average molecular weight is 251 g/mol. The maximum Gasteiger partial charge on any atom is 0.308 e. The van der Waals surface area contributed by atoms with Gasteiger partial charge in [0.05, 0.1) is 12.5 Å². The van der Waals surface area contributed by atoms with Crippen LogP contribution in [0.15, 0.2) is 0 Å². The summed E-state index contributed by atoms with van der Waals surface area (Å²) < 4.78 is 7.12. The number of carboxylic acid groups (broad SMARTS) is 1. The second-order valence-corrected chi connectivity index (χ2v) is 5.03. The van der Waals surface area contributed by atoms with Crippen molar-refractivity contribution in [3.63, 3.8) is 0 Å². The van der Waals surface area contributed by atoms with Crippen LogP contribution < -0.4 is 0 Å². The third-order valence-electron chi connectivity index (χ3n) is 3.81. The zero-order chi connectivity index (χ0) is 12.5. The van der Waals surface area contributed by atoms with Crippen molar-refractivity contribution in [2.45, 2.75) is 38.1 Å². The summed E-state index contributed by atoms with van der Waals surface area (Å²) in [5, 5.41) is 13.5. The van der Waals surface area contributed by atoms with Crippen LogP contribution in [0, 0.1) is 5.92 Å². The van der Waals surface area contributed by atoms with Crippen LogP contribution in [0.3, 0.4) is 0 Å². The van der Waals surface area contributed by atoms with Crippen molar-refractivity contribution in [3.05, 3.63) is 11.6 Å². The third-order valence-corrected chi connectivity index (χ3v) is 3.81. The van der Waals surface area contributed by atoms with Crippen LogP contribution in [0.1, 0.15) is 36.8 Å². The Balaban J connectivity index is 1.78. The number of hydrogen-bond acceptors (Lipinski definition) is 4. The molecule has 1 atom stereocenters. The van der Waals surface area contributed by atoms with Crippen LogP contribution in [0.4, 0.5) is 0 Å². The Kier molecular flexibility index (Phi) is 3.03. The maximum absolute atomic E-state index is 11.0. The second-order valence-electron chi connectivity index (χ2n) is 5.03. The van der Waals surface area contributed by atoms with E-state index < -0.39 is 5.97 Å². The molecule has 0 radical (unpaired) electrons. The highest BCUT2D eigenvalue weighted by atomic mass is 16.5. The van der Waals surface area contributed by atoms with Crippen LogP contribution in [0.25, 0.3) is 0 Å². The van der Waals surface area contributed by atoms with Gasteiger partial charge in [-0.3, -0.25) is 4.79 Å². The number of rotatable bonds is 2. The largest absolute Gasteiger partial charge is 0.481 e. The Morgan fingerprint density at radius 2 is 2.11 bits per heavy atom. The van der Waals surface area contributed by atoms with E-state index in [1.165, 1.54) is 0 Å². The Morgan fingerprint density at radius 3 is 2.83 bits per heavy atom. The van der Waals surface area contributed by atoms with Gasteiger partial charge >= 0.3 is 5.97 Å². The van der Waals surface area contributed by atoms with Crippen molar-refractivity contribution in [2.75, 3.05) is 13.2 Å². The van der Waals surface area contributed by atoms with E-state index in [0.29, 0.717) is 25.3 Å². The van der Waals surface area contributed by atoms with Gasteiger partial charge in [-0.15, -0.1) is 0 Å². The molecule has 6 heteroatoms. The zero-order valence-electron chi connectivity index (χ0n) is 10.2. The standard InChI is InChI=1S/C12H17N3O3/c16-12(17)9-1-2-10-13-11(14-15(10)7-9)8-3-5-18-6-4-8/h8-9H,1-7H2,(H,16,17). The molecule has 18 heavy (non-hydrogen) atoms. The van der Waals surface area contributed by atoms with E-state index in [1.54, 1.807) is 4.68 Å². The molecule has 1 aromatic heterocycles. The van der Waals surface area contributed by atoms with Gasteiger partial charge in [-0.05, 0) is 19.3 Å². The predicted octanol–water partition coefficient (Wildman–Crippen LogP) is 0.819. The molecule has 1 aromatic rings. The monoisotopic (exact) mass is 251 g/mol. The van der Waals surface area contributed by atoms with Gasteiger partial charge in [0.1, 0.15) is 5.82 Å². The van der Waals surface area contributed by atoms with Crippen LogP contribution >= 0.6 is 0 Å². The lowest BCUT2D eigenvalue weighted by Gasteiger charge is -2.19. The van der Waals surface area contributed by atoms with Crippen molar-refractivity contribution in [2.24, 2.45) is 5.92 Å². The maximum atomic E-state index is 11.0. The molecule has 1 fully saturated rings. The van der Waals surface area contributed by atoms with Crippen molar-refractivity contribution in [3.8, 4) is 0 Å². The van der Waals surface area contributed by atoms with Crippen molar-refractivity contribution in [1.29, 1.82) is 0 Å². The second kappa shape index (κ2) is 4.68. The summed E-state index contributed by atoms with van der Waals surface area (Å²) >= 11 is 0. The van der Waals surface area contributed by atoms with Crippen molar-refractivity contribution < 1.29 is 14.6 Å². The number of hydrogen-bond donors (Lipinski definition) is 1. The van der Waals surface area contributed by atoms with Crippen LogP contribution in [0.5, 0.6) is 0 Å². The summed E-state index contributed by atoms with van der Waals surface area (Å²) in [6, 6.07) is 0. The fourth-order valence-corrected chi connectivity index (χ4v) is 2.66. The molecule has 2 aliphatic heterocycles. The van der Waals surface area contributed by atoms with Gasteiger partial charge in [0.25, 0.3) is 0 Å². The molecular formula is C12H17N3O3. The van der Waals surface area contributed by atoms with Gasteiger partial charge in [-0.25, -0.2) is 9.67 Å². The number of nitrogens with zero attached hydrogens (tertiary/aromatic N) is 3. The Bertz CT molecular complexity index is 451. The minimum Gasteiger partial charge on any atom is -0.481 e. The lowest BCUT2D eigenvalue weighted by atomic mass is 9.99. The topological polar surface area (TPSA) is 77.2 Å². The van der Waals surface area contributed by atoms with Gasteiger partial charge in [-0.1, -0.05) is 0 Å². The Hall–Kier alpha value is -1.43. The van der Waals surface area contributed by atoms with Crippen LogP contribution in [-0.4, -0.2) is 39.1 Å². The number of aryl methyl sites for hydroxylation is 1. The minimum absolute atomic E-state index is 0.318. The highest BCUT2D eigenvalue weighted by molar-refractivity contribution is 5.70. The summed E-state index contributed by atoms with van der Waals surface area (Å²) in [4.78, 5) is 15.6. The molecule has 0 saturated carbocycles. The van der Waals surface area contributed by atoms with Gasteiger partial charge in [0.2, 0.25) is 0 Å². The minimum atomic E-state index is -0.733. The summed E-state index contributed by atoms with van der Waals surface area (Å²) in [6.45, 7) is 2.00. The van der Waals surface area contributed by atoms with E-state index in [4.69, 9.17) is 9.84 Å². The fraction of sp³-hybridized carbons (Fsp3) is 0.750. The molecule has 3 rings (SSSR count). The van der Waals surface area contributed by atoms with Crippen molar-refractivity contribution in [1.82, 2.24) is 14.8 Å². The lowest BCUT2D eigenvalue weighted by molar-refractivity contribution is -0.142. The molecule has 0 spiro atoms. The van der Waals surface area contributed by atoms with E-state index in [-0.39, 0.29) is 5.92 Å². The quantitative estimate of drug-likeness (QED) is 0.842. The molecule has 0 bridgehead atoms. The summed E-state index contributed by atoms with van der Waals surface area (Å²) in [5.41, 5.74) is 0. The van der Waals surface area contributed by atoms with E-state index in [9.17, 15) is 4.79 Å². The van der Waals surface area contributed by atoms with Gasteiger partial charge in [0, 0.05) is 25.6 Å². The SMILES string of the molecule is O=C(O)C1CCc2nc(C3CCOCC3)nn2C1. The molecular weight excluding hydrogens is 234 g/mol. The molecule has 1 N–H and O–H groups in total. The first kappa shape index (κ1) is 11.6. The summed E-state index contributed by atoms with van der Waals surface area (Å²) in [5.74, 6) is 1.14. The Morgan fingerprint density at radius 1 is 1.33 bits per heavy atom. The summed E-state index contributed by atoms with van der Waals surface area (Å²) in [6.07, 6.45) is 3.31. The number of fused-ring (bicyclic) bond motifs is 1. The van der Waals surface area contributed by atoms with Crippen LogP contribution in [-0.2, 0) is 22.5 Å². The molecule has 1 unspecified atom stereocenters. The molecule has 1 saturated heterocycles. The van der Waals surface area contributed by atoms with E-state index >= 15 is 0 Å². The van der Waals surface area contributed by atoms with Gasteiger partial charge < -0.3 is 9.84 Å². The normalized spacial score (nSPS) is 24.8. The third kappa shape index (κ3) is 2.12. The van der Waals surface area contributed by atoms with Crippen LogP contribution in [0.2, 0.25) is 0 Å². The average Bonchev–Trinajstić information content (AvgIpc) is 2.82. The van der Waals surface area contributed by atoms with Gasteiger partial charge in [-0.2, -0.15) is 5.10 Å². The fourth-order valence-electron chi connectivity index (χ4n) is 2.66. The highest BCUT2D eigenvalue weighted by Crippen LogP contribution is 2.26. The molecule has 6 nitrogen and oxygen atoms in total. The first-order valence-corrected chi connectivity index (χ1v) is 6.48. The molecule has 0 amide bonds. The first-order valence-electron chi connectivity index (χ1n) is 6.48. The molecule has 0 aliphatic carbocycles. The first-order chi connectivity index (χ1) is 8.74. The molecule has 98 valence electrons. The lowest BCUT2D eigenvalue weighted by Crippen LogP contribution is -2.27. The molecule has 2 aliphatic rings. The summed E-state index contributed by atoms with van der Waals surface area (Å²) in [7, 11) is 0. The number of carboxylic acids is 1. The van der Waals surface area contributed by atoms with E-state index in [2.05, 4.69) is 10.1 Å². The highest BCUT2D eigenvalue weighted by Gasteiger charge is 2.28.